The Kier molecular flexibility index (Phi) is 11.8. The zero-order valence-corrected chi connectivity index (χ0v) is 17.7. The average Bonchev–Trinajstić information content (AvgIpc) is 2.64. The van der Waals surface area contributed by atoms with Crippen molar-refractivity contribution in [2.24, 2.45) is 17.4 Å². The Balaban J connectivity index is 5.45. The standard InChI is InChI=1S/C18H31N5O8/c1-8(2)14(23-15(27)9(3)19)17(29)21-10(4-6-12(20)24)16(28)22-11(18(30)31)5-7-13(25)26/h8-11,14H,4-7,19H2,1-3H3,(H2,20,24)(H,21,29)(H,22,28)(H,23,27)(H,25,26)(H,30,31). The molecule has 0 aromatic heterocycles. The lowest BCUT2D eigenvalue weighted by Gasteiger charge is -2.26. The van der Waals surface area contributed by atoms with Crippen LogP contribution < -0.4 is 27.4 Å². The van der Waals surface area contributed by atoms with Crippen molar-refractivity contribution in [1.29, 1.82) is 0 Å². The highest BCUT2D eigenvalue weighted by Gasteiger charge is 2.31. The number of hydrogen-bond donors (Lipinski definition) is 7. The van der Waals surface area contributed by atoms with Gasteiger partial charge in [0.25, 0.3) is 0 Å². The van der Waals surface area contributed by atoms with E-state index in [1.165, 1.54) is 6.92 Å². The number of hydrogen-bond acceptors (Lipinski definition) is 7. The summed E-state index contributed by atoms with van der Waals surface area (Å²) >= 11 is 0. The predicted molar refractivity (Wildman–Crippen MR) is 107 cm³/mol. The summed E-state index contributed by atoms with van der Waals surface area (Å²) in [7, 11) is 0. The van der Waals surface area contributed by atoms with Gasteiger partial charge >= 0.3 is 11.9 Å². The summed E-state index contributed by atoms with van der Waals surface area (Å²) in [6, 6.07) is -4.80. The summed E-state index contributed by atoms with van der Waals surface area (Å²) in [5.41, 5.74) is 10.6. The van der Waals surface area contributed by atoms with Crippen molar-refractivity contribution >= 4 is 35.6 Å². The molecule has 13 heteroatoms. The second-order valence-electron chi connectivity index (χ2n) is 7.42. The van der Waals surface area contributed by atoms with Gasteiger partial charge in [-0.15, -0.1) is 0 Å². The van der Waals surface area contributed by atoms with E-state index in [1.807, 2.05) is 0 Å². The van der Waals surface area contributed by atoms with Crippen molar-refractivity contribution in [3.63, 3.8) is 0 Å². The summed E-state index contributed by atoms with van der Waals surface area (Å²) in [5.74, 6) is -6.11. The Labute approximate surface area is 179 Å². The molecular formula is C18H31N5O8. The van der Waals surface area contributed by atoms with Crippen LogP contribution in [0.4, 0.5) is 0 Å². The first-order valence-corrected chi connectivity index (χ1v) is 9.65. The summed E-state index contributed by atoms with van der Waals surface area (Å²) < 4.78 is 0. The Morgan fingerprint density at radius 2 is 1.29 bits per heavy atom. The number of carboxylic acids is 2. The van der Waals surface area contributed by atoms with Gasteiger partial charge in [-0.2, -0.15) is 0 Å². The monoisotopic (exact) mass is 445 g/mol. The third kappa shape index (κ3) is 10.9. The number of amides is 4. The van der Waals surface area contributed by atoms with E-state index in [0.29, 0.717) is 0 Å². The molecule has 4 atom stereocenters. The van der Waals surface area contributed by atoms with Gasteiger partial charge in [0.1, 0.15) is 18.1 Å². The van der Waals surface area contributed by atoms with Crippen molar-refractivity contribution in [1.82, 2.24) is 16.0 Å². The third-order valence-corrected chi connectivity index (χ3v) is 4.23. The SMILES string of the molecule is CC(N)C(=O)NC(C(=O)NC(CCC(N)=O)C(=O)NC(CCC(=O)O)C(=O)O)C(C)C. The molecule has 4 amide bonds. The Morgan fingerprint density at radius 1 is 0.774 bits per heavy atom. The molecule has 0 heterocycles. The molecule has 176 valence electrons. The molecule has 0 radical (unpaired) electrons. The molecule has 0 saturated heterocycles. The van der Waals surface area contributed by atoms with E-state index in [0.717, 1.165) is 0 Å². The number of carboxylic acid groups (broad SMARTS) is 2. The lowest BCUT2D eigenvalue weighted by atomic mass is 10.0. The van der Waals surface area contributed by atoms with Gasteiger partial charge in [0.2, 0.25) is 23.6 Å². The molecule has 0 aromatic carbocycles. The first-order valence-electron chi connectivity index (χ1n) is 9.65. The van der Waals surface area contributed by atoms with Gasteiger partial charge in [0.05, 0.1) is 6.04 Å². The molecule has 31 heavy (non-hydrogen) atoms. The van der Waals surface area contributed by atoms with Crippen LogP contribution >= 0.6 is 0 Å². The summed E-state index contributed by atoms with van der Waals surface area (Å²) in [5, 5.41) is 24.9. The number of aliphatic carboxylic acids is 2. The minimum atomic E-state index is -1.52. The molecule has 13 nitrogen and oxygen atoms in total. The molecule has 0 spiro atoms. The van der Waals surface area contributed by atoms with Crippen LogP contribution in [-0.4, -0.2) is 69.9 Å². The van der Waals surface area contributed by atoms with Crippen molar-refractivity contribution in [3.8, 4) is 0 Å². The van der Waals surface area contributed by atoms with Crippen LogP contribution in [-0.2, 0) is 28.8 Å². The maximum atomic E-state index is 12.7. The Bertz CT molecular complexity index is 694. The number of nitrogens with one attached hydrogen (secondary N) is 3. The highest BCUT2D eigenvalue weighted by atomic mass is 16.4. The van der Waals surface area contributed by atoms with Gasteiger partial charge in [0.15, 0.2) is 0 Å². The fraction of sp³-hybridized carbons (Fsp3) is 0.667. The molecular weight excluding hydrogens is 414 g/mol. The molecule has 0 aromatic rings. The van der Waals surface area contributed by atoms with E-state index in [2.05, 4.69) is 16.0 Å². The maximum absolute atomic E-state index is 12.7. The summed E-state index contributed by atoms with van der Waals surface area (Å²) in [4.78, 5) is 70.3. The quantitative estimate of drug-likeness (QED) is 0.151. The molecule has 0 aliphatic heterocycles. The summed E-state index contributed by atoms with van der Waals surface area (Å²) in [6.07, 6.45) is -1.41. The second kappa shape index (κ2) is 13.2. The van der Waals surface area contributed by atoms with Gasteiger partial charge in [-0.3, -0.25) is 24.0 Å². The largest absolute Gasteiger partial charge is 0.481 e. The van der Waals surface area contributed by atoms with Crippen LogP contribution in [0.15, 0.2) is 0 Å². The smallest absolute Gasteiger partial charge is 0.326 e. The lowest BCUT2D eigenvalue weighted by Crippen LogP contribution is -2.58. The minimum Gasteiger partial charge on any atom is -0.481 e. The second-order valence-corrected chi connectivity index (χ2v) is 7.42. The number of carbonyl (C=O) groups excluding carboxylic acids is 4. The zero-order valence-electron chi connectivity index (χ0n) is 17.7. The third-order valence-electron chi connectivity index (χ3n) is 4.23. The van der Waals surface area contributed by atoms with Crippen molar-refractivity contribution in [2.45, 2.75) is 70.6 Å². The van der Waals surface area contributed by atoms with Gasteiger partial charge in [0, 0.05) is 12.8 Å². The normalized spacial score (nSPS) is 14.6. The topological polar surface area (TPSA) is 231 Å². The first kappa shape index (κ1) is 27.8. The van der Waals surface area contributed by atoms with E-state index in [-0.39, 0.29) is 25.2 Å². The van der Waals surface area contributed by atoms with Crippen LogP contribution in [0.2, 0.25) is 0 Å². The Hall–Kier alpha value is -3.22. The number of carbonyl (C=O) groups is 6. The molecule has 0 aliphatic rings. The van der Waals surface area contributed by atoms with Crippen LogP contribution in [0.1, 0.15) is 46.5 Å². The maximum Gasteiger partial charge on any atom is 0.326 e. The van der Waals surface area contributed by atoms with E-state index in [1.54, 1.807) is 13.8 Å². The van der Waals surface area contributed by atoms with E-state index >= 15 is 0 Å². The molecule has 9 N–H and O–H groups in total. The van der Waals surface area contributed by atoms with Crippen molar-refractivity contribution in [2.75, 3.05) is 0 Å². The van der Waals surface area contributed by atoms with Gasteiger partial charge in [-0.25, -0.2) is 4.79 Å². The zero-order chi connectivity index (χ0) is 24.3. The molecule has 0 saturated carbocycles. The number of rotatable bonds is 14. The van der Waals surface area contributed by atoms with Crippen LogP contribution in [0.5, 0.6) is 0 Å². The first-order chi connectivity index (χ1) is 14.3. The average molecular weight is 445 g/mol. The molecule has 0 rings (SSSR count). The predicted octanol–water partition coefficient (Wildman–Crippen LogP) is -2.34. The van der Waals surface area contributed by atoms with Crippen molar-refractivity contribution in [3.05, 3.63) is 0 Å². The number of nitrogens with two attached hydrogens (primary N) is 2. The van der Waals surface area contributed by atoms with Crippen LogP contribution in [0.25, 0.3) is 0 Å². The minimum absolute atomic E-state index is 0.232. The highest BCUT2D eigenvalue weighted by Crippen LogP contribution is 2.07. The van der Waals surface area contributed by atoms with Crippen LogP contribution in [0, 0.1) is 5.92 Å². The summed E-state index contributed by atoms with van der Waals surface area (Å²) in [6.45, 7) is 4.73. The van der Waals surface area contributed by atoms with Crippen LogP contribution in [0.3, 0.4) is 0 Å². The van der Waals surface area contributed by atoms with E-state index < -0.39 is 66.2 Å². The van der Waals surface area contributed by atoms with E-state index in [4.69, 9.17) is 16.6 Å². The van der Waals surface area contributed by atoms with Gasteiger partial charge in [-0.05, 0) is 25.7 Å². The van der Waals surface area contributed by atoms with Crippen molar-refractivity contribution < 1.29 is 39.0 Å². The van der Waals surface area contributed by atoms with Gasteiger partial charge in [-0.1, -0.05) is 13.8 Å². The molecule has 4 unspecified atom stereocenters. The van der Waals surface area contributed by atoms with E-state index in [9.17, 15) is 33.9 Å². The lowest BCUT2D eigenvalue weighted by molar-refractivity contribution is -0.143. The Morgan fingerprint density at radius 3 is 1.71 bits per heavy atom. The molecule has 0 aliphatic carbocycles. The number of primary amides is 1. The molecule has 0 fully saturated rings. The fourth-order valence-electron chi connectivity index (χ4n) is 2.43. The highest BCUT2D eigenvalue weighted by molar-refractivity contribution is 5.94. The van der Waals surface area contributed by atoms with Gasteiger partial charge < -0.3 is 37.6 Å². The fourth-order valence-corrected chi connectivity index (χ4v) is 2.43. The molecule has 0 bridgehead atoms.